The van der Waals surface area contributed by atoms with Crippen LogP contribution in [0.2, 0.25) is 0 Å². The molecular formula is C23H32N4. The molecule has 3 aliphatic rings. The summed E-state index contributed by atoms with van der Waals surface area (Å²) in [5, 5.41) is 4.61. The Morgan fingerprint density at radius 1 is 0.926 bits per heavy atom. The van der Waals surface area contributed by atoms with Gasteiger partial charge >= 0.3 is 0 Å². The third kappa shape index (κ3) is 3.28. The summed E-state index contributed by atoms with van der Waals surface area (Å²) in [6.07, 6.45) is 7.99. The molecule has 3 heterocycles. The Morgan fingerprint density at radius 3 is 2.59 bits per heavy atom. The van der Waals surface area contributed by atoms with Crippen molar-refractivity contribution in [2.24, 2.45) is 0 Å². The molecule has 2 unspecified atom stereocenters. The Kier molecular flexibility index (Phi) is 4.89. The summed E-state index contributed by atoms with van der Waals surface area (Å²) in [6.45, 7) is 3.62. The SMILES string of the molecule is CNCN1CCC2C1CCN2C1CCC(c2ccc3ccccc3n2)CC1. The van der Waals surface area contributed by atoms with E-state index in [0.29, 0.717) is 5.92 Å². The molecule has 1 aromatic heterocycles. The first kappa shape index (κ1) is 17.6. The molecule has 1 aliphatic carbocycles. The maximum atomic E-state index is 4.98. The number of para-hydroxylation sites is 1. The summed E-state index contributed by atoms with van der Waals surface area (Å²) in [5.41, 5.74) is 2.46. The summed E-state index contributed by atoms with van der Waals surface area (Å²) in [7, 11) is 2.07. The van der Waals surface area contributed by atoms with Gasteiger partial charge in [-0.2, -0.15) is 0 Å². The minimum Gasteiger partial charge on any atom is -0.307 e. The van der Waals surface area contributed by atoms with Gasteiger partial charge in [0.05, 0.1) is 5.52 Å². The lowest BCUT2D eigenvalue weighted by Gasteiger charge is -2.37. The summed E-state index contributed by atoms with van der Waals surface area (Å²) in [5.74, 6) is 0.647. The Labute approximate surface area is 162 Å². The normalized spacial score (nSPS) is 32.2. The zero-order chi connectivity index (χ0) is 18.2. The van der Waals surface area contributed by atoms with Gasteiger partial charge in [-0.1, -0.05) is 24.3 Å². The summed E-state index contributed by atoms with van der Waals surface area (Å²) < 4.78 is 0. The minimum absolute atomic E-state index is 0.647. The molecule has 0 radical (unpaired) electrons. The zero-order valence-electron chi connectivity index (χ0n) is 16.5. The number of nitrogens with one attached hydrogen (secondary N) is 1. The predicted molar refractivity (Wildman–Crippen MR) is 111 cm³/mol. The Morgan fingerprint density at radius 2 is 1.74 bits per heavy atom. The second-order valence-electron chi connectivity index (χ2n) is 8.71. The number of hydrogen-bond donors (Lipinski definition) is 1. The molecule has 27 heavy (non-hydrogen) atoms. The van der Waals surface area contributed by atoms with Gasteiger partial charge in [-0.05, 0) is 57.7 Å². The second kappa shape index (κ2) is 7.50. The van der Waals surface area contributed by atoms with Crippen LogP contribution < -0.4 is 5.32 Å². The molecule has 0 spiro atoms. The number of benzene rings is 1. The Hall–Kier alpha value is -1.49. The molecule has 144 valence electrons. The molecular weight excluding hydrogens is 332 g/mol. The quantitative estimate of drug-likeness (QED) is 0.898. The summed E-state index contributed by atoms with van der Waals surface area (Å²) in [4.78, 5) is 10.5. The standard InChI is InChI=1S/C23H32N4/c1-24-16-26-14-12-23-22(26)13-15-27(23)19-9-6-18(7-10-19)21-11-8-17-4-2-3-5-20(17)25-21/h2-5,8,11,18-19,22-24H,6-7,9-10,12-16H2,1H3. The van der Waals surface area contributed by atoms with E-state index < -0.39 is 0 Å². The number of pyridine rings is 1. The van der Waals surface area contributed by atoms with Crippen molar-refractivity contribution in [2.45, 2.75) is 62.6 Å². The Bertz CT molecular complexity index is 783. The first-order chi connectivity index (χ1) is 13.3. The van der Waals surface area contributed by atoms with E-state index in [-0.39, 0.29) is 0 Å². The van der Waals surface area contributed by atoms with Crippen LogP contribution in [-0.4, -0.2) is 59.7 Å². The lowest BCUT2D eigenvalue weighted by atomic mass is 9.83. The maximum Gasteiger partial charge on any atom is 0.0705 e. The van der Waals surface area contributed by atoms with Gasteiger partial charge in [-0.3, -0.25) is 14.8 Å². The van der Waals surface area contributed by atoms with E-state index in [4.69, 9.17) is 4.98 Å². The van der Waals surface area contributed by atoms with Crippen molar-refractivity contribution in [3.8, 4) is 0 Å². The average Bonchev–Trinajstić information content (AvgIpc) is 3.31. The number of fused-ring (bicyclic) bond motifs is 2. The highest BCUT2D eigenvalue weighted by Crippen LogP contribution is 2.39. The molecule has 1 aromatic carbocycles. The van der Waals surface area contributed by atoms with E-state index in [1.807, 2.05) is 0 Å². The molecule has 2 atom stereocenters. The predicted octanol–water partition coefficient (Wildman–Crippen LogP) is 3.59. The fourth-order valence-electron chi connectivity index (χ4n) is 5.97. The molecule has 2 saturated heterocycles. The van der Waals surface area contributed by atoms with Crippen LogP contribution in [0.4, 0.5) is 0 Å². The van der Waals surface area contributed by atoms with Crippen molar-refractivity contribution >= 4 is 10.9 Å². The second-order valence-corrected chi connectivity index (χ2v) is 8.71. The van der Waals surface area contributed by atoms with E-state index in [2.05, 4.69) is 58.6 Å². The molecule has 5 rings (SSSR count). The lowest BCUT2D eigenvalue weighted by molar-refractivity contribution is 0.130. The van der Waals surface area contributed by atoms with Crippen molar-refractivity contribution in [2.75, 3.05) is 26.8 Å². The third-order valence-electron chi connectivity index (χ3n) is 7.30. The average molecular weight is 365 g/mol. The number of aromatic nitrogens is 1. The van der Waals surface area contributed by atoms with E-state index >= 15 is 0 Å². The number of likely N-dealkylation sites (tertiary alicyclic amines) is 2. The molecule has 3 fully saturated rings. The lowest BCUT2D eigenvalue weighted by Crippen LogP contribution is -2.44. The van der Waals surface area contributed by atoms with Crippen LogP contribution in [0, 0.1) is 0 Å². The van der Waals surface area contributed by atoms with Gasteiger partial charge in [0.2, 0.25) is 0 Å². The fourth-order valence-corrected chi connectivity index (χ4v) is 5.97. The van der Waals surface area contributed by atoms with Gasteiger partial charge in [0.25, 0.3) is 0 Å². The first-order valence-corrected chi connectivity index (χ1v) is 10.8. The van der Waals surface area contributed by atoms with E-state index in [1.54, 1.807) is 0 Å². The van der Waals surface area contributed by atoms with Crippen molar-refractivity contribution in [1.29, 1.82) is 0 Å². The molecule has 4 nitrogen and oxygen atoms in total. The highest BCUT2D eigenvalue weighted by molar-refractivity contribution is 5.78. The van der Waals surface area contributed by atoms with Gasteiger partial charge < -0.3 is 5.32 Å². The largest absolute Gasteiger partial charge is 0.307 e. The van der Waals surface area contributed by atoms with E-state index in [9.17, 15) is 0 Å². The molecule has 2 aromatic rings. The van der Waals surface area contributed by atoms with Crippen LogP contribution in [0.5, 0.6) is 0 Å². The van der Waals surface area contributed by atoms with Gasteiger partial charge in [-0.25, -0.2) is 0 Å². The van der Waals surface area contributed by atoms with Gasteiger partial charge in [-0.15, -0.1) is 0 Å². The minimum atomic E-state index is 0.647. The number of rotatable bonds is 4. The van der Waals surface area contributed by atoms with E-state index in [0.717, 1.165) is 30.3 Å². The molecule has 1 saturated carbocycles. The van der Waals surface area contributed by atoms with Gasteiger partial charge in [0.15, 0.2) is 0 Å². The zero-order valence-corrected chi connectivity index (χ0v) is 16.5. The first-order valence-electron chi connectivity index (χ1n) is 10.8. The van der Waals surface area contributed by atoms with Crippen LogP contribution in [-0.2, 0) is 0 Å². The fraction of sp³-hybridized carbons (Fsp3) is 0.609. The van der Waals surface area contributed by atoms with Crippen molar-refractivity contribution in [1.82, 2.24) is 20.1 Å². The number of nitrogens with zero attached hydrogens (tertiary/aromatic N) is 3. The summed E-state index contributed by atoms with van der Waals surface area (Å²) >= 11 is 0. The highest BCUT2D eigenvalue weighted by Gasteiger charge is 2.44. The number of hydrogen-bond acceptors (Lipinski definition) is 4. The Balaban J connectivity index is 1.23. The van der Waals surface area contributed by atoms with Crippen molar-refractivity contribution < 1.29 is 0 Å². The van der Waals surface area contributed by atoms with Crippen molar-refractivity contribution in [3.63, 3.8) is 0 Å². The third-order valence-corrected chi connectivity index (χ3v) is 7.30. The van der Waals surface area contributed by atoms with Crippen LogP contribution in [0.1, 0.15) is 50.1 Å². The molecule has 0 amide bonds. The van der Waals surface area contributed by atoms with E-state index in [1.165, 1.54) is 62.7 Å². The molecule has 1 N–H and O–H groups in total. The van der Waals surface area contributed by atoms with Crippen LogP contribution in [0.15, 0.2) is 36.4 Å². The smallest absolute Gasteiger partial charge is 0.0705 e. The monoisotopic (exact) mass is 364 g/mol. The summed E-state index contributed by atoms with van der Waals surface area (Å²) in [6, 6.07) is 15.4. The van der Waals surface area contributed by atoms with Crippen LogP contribution >= 0.6 is 0 Å². The van der Waals surface area contributed by atoms with Crippen LogP contribution in [0.25, 0.3) is 10.9 Å². The highest BCUT2D eigenvalue weighted by atomic mass is 15.3. The maximum absolute atomic E-state index is 4.98. The van der Waals surface area contributed by atoms with Gasteiger partial charge in [0.1, 0.15) is 0 Å². The molecule has 0 bridgehead atoms. The van der Waals surface area contributed by atoms with Crippen molar-refractivity contribution in [3.05, 3.63) is 42.1 Å². The molecule has 2 aliphatic heterocycles. The topological polar surface area (TPSA) is 31.4 Å². The molecule has 4 heteroatoms. The van der Waals surface area contributed by atoms with Gasteiger partial charge in [0, 0.05) is 54.9 Å². The van der Waals surface area contributed by atoms with Crippen LogP contribution in [0.3, 0.4) is 0 Å².